The number of amides is 1. The number of nitrogens with zero attached hydrogens (tertiary/aromatic N) is 1. The first-order valence-corrected chi connectivity index (χ1v) is 10.3. The van der Waals surface area contributed by atoms with Crippen molar-refractivity contribution in [3.8, 4) is 0 Å². The monoisotopic (exact) mass is 402 g/mol. The van der Waals surface area contributed by atoms with Gasteiger partial charge in [0.15, 0.2) is 0 Å². The van der Waals surface area contributed by atoms with Crippen molar-refractivity contribution in [2.24, 2.45) is 0 Å². The van der Waals surface area contributed by atoms with Gasteiger partial charge in [0, 0.05) is 12.6 Å². The van der Waals surface area contributed by atoms with Crippen LogP contribution >= 0.6 is 0 Å². The zero-order valence-electron chi connectivity index (χ0n) is 17.7. The number of carbonyl (C=O) groups is 1. The van der Waals surface area contributed by atoms with E-state index in [1.54, 1.807) is 0 Å². The van der Waals surface area contributed by atoms with Crippen molar-refractivity contribution in [1.29, 1.82) is 0 Å². The van der Waals surface area contributed by atoms with E-state index in [-0.39, 0.29) is 24.7 Å². The van der Waals surface area contributed by atoms with Gasteiger partial charge in [0.25, 0.3) is 0 Å². The third kappa shape index (κ3) is 6.55. The molecule has 1 N–H and O–H groups in total. The van der Waals surface area contributed by atoms with E-state index in [9.17, 15) is 4.79 Å². The molecule has 0 radical (unpaired) electrons. The Kier molecular flexibility index (Phi) is 8.19. The van der Waals surface area contributed by atoms with Crippen molar-refractivity contribution < 1.29 is 9.53 Å². The maximum Gasteiger partial charge on any atom is 0.246 e. The van der Waals surface area contributed by atoms with Crippen molar-refractivity contribution >= 4 is 5.91 Å². The summed E-state index contributed by atoms with van der Waals surface area (Å²) in [6.07, 6.45) is 0.609. The lowest BCUT2D eigenvalue weighted by atomic mass is 10.0. The molecule has 3 rings (SSSR count). The number of hydrogen-bond donors (Lipinski definition) is 1. The summed E-state index contributed by atoms with van der Waals surface area (Å²) in [6.45, 7) is 0.589. The number of rotatable bonds is 10. The number of likely N-dealkylation sites (N-methyl/N-ethyl adjacent to an activating group) is 1. The molecular weight excluding hydrogens is 372 g/mol. The van der Waals surface area contributed by atoms with Crippen molar-refractivity contribution in [2.75, 3.05) is 27.2 Å². The second-order valence-corrected chi connectivity index (χ2v) is 7.62. The number of hydrogen-bond acceptors (Lipinski definition) is 3. The number of ether oxygens (including phenoxy) is 1. The van der Waals surface area contributed by atoms with E-state index in [0.717, 1.165) is 17.5 Å². The van der Waals surface area contributed by atoms with Crippen LogP contribution in [0.2, 0.25) is 0 Å². The van der Waals surface area contributed by atoms with Gasteiger partial charge in [0.1, 0.15) is 12.7 Å². The van der Waals surface area contributed by atoms with Crippen LogP contribution in [0.1, 0.15) is 22.8 Å². The summed E-state index contributed by atoms with van der Waals surface area (Å²) in [5.41, 5.74) is 3.33. The van der Waals surface area contributed by atoms with Gasteiger partial charge >= 0.3 is 0 Å². The molecule has 1 unspecified atom stereocenters. The molecule has 0 spiro atoms. The molecule has 0 saturated carbocycles. The van der Waals surface area contributed by atoms with E-state index in [4.69, 9.17) is 4.74 Å². The third-order valence-corrected chi connectivity index (χ3v) is 5.17. The maximum absolute atomic E-state index is 12.5. The normalized spacial score (nSPS) is 12.1. The number of benzene rings is 3. The SMILES string of the molecule is CN(C)C(CNC(=O)COC(c1ccccc1)c1ccccc1)Cc1ccccc1. The molecule has 0 bridgehead atoms. The second-order valence-electron chi connectivity index (χ2n) is 7.62. The topological polar surface area (TPSA) is 41.6 Å². The first-order valence-electron chi connectivity index (χ1n) is 10.3. The average Bonchev–Trinajstić information content (AvgIpc) is 2.78. The van der Waals surface area contributed by atoms with Gasteiger partial charge in [0.05, 0.1) is 0 Å². The van der Waals surface area contributed by atoms with Gasteiger partial charge < -0.3 is 15.0 Å². The van der Waals surface area contributed by atoms with E-state index < -0.39 is 0 Å². The molecule has 30 heavy (non-hydrogen) atoms. The van der Waals surface area contributed by atoms with Crippen LogP contribution in [0.15, 0.2) is 91.0 Å². The summed E-state index contributed by atoms with van der Waals surface area (Å²) in [5.74, 6) is -0.105. The molecule has 0 aromatic heterocycles. The predicted octanol–water partition coefficient (Wildman–Crippen LogP) is 4.08. The van der Waals surface area contributed by atoms with E-state index in [1.165, 1.54) is 5.56 Å². The Morgan fingerprint density at radius 2 is 1.33 bits per heavy atom. The highest BCUT2D eigenvalue weighted by Crippen LogP contribution is 2.25. The maximum atomic E-state index is 12.5. The molecular formula is C26H30N2O2. The van der Waals surface area contributed by atoms with Crippen LogP contribution in [0, 0.1) is 0 Å². The van der Waals surface area contributed by atoms with Crippen molar-refractivity contribution in [3.05, 3.63) is 108 Å². The highest BCUT2D eigenvalue weighted by Gasteiger charge is 2.18. The molecule has 3 aromatic rings. The van der Waals surface area contributed by atoms with Gasteiger partial charge in [0.2, 0.25) is 5.91 Å². The standard InChI is InChI=1S/C26H30N2O2/c1-28(2)24(18-21-12-6-3-7-13-21)19-27-25(29)20-30-26(22-14-8-4-9-15-22)23-16-10-5-11-17-23/h3-17,24,26H,18-20H2,1-2H3,(H,27,29). The van der Waals surface area contributed by atoms with E-state index >= 15 is 0 Å². The third-order valence-electron chi connectivity index (χ3n) is 5.17. The van der Waals surface area contributed by atoms with Crippen LogP contribution in [-0.4, -0.2) is 44.1 Å². The van der Waals surface area contributed by atoms with Crippen molar-refractivity contribution in [1.82, 2.24) is 10.2 Å². The van der Waals surface area contributed by atoms with Gasteiger partial charge in [-0.2, -0.15) is 0 Å². The largest absolute Gasteiger partial charge is 0.359 e. The molecule has 0 aliphatic carbocycles. The first-order chi connectivity index (χ1) is 14.6. The van der Waals surface area contributed by atoms with Crippen molar-refractivity contribution in [3.63, 3.8) is 0 Å². The molecule has 0 fully saturated rings. The molecule has 0 aliphatic heterocycles. The van der Waals surface area contributed by atoms with Gasteiger partial charge in [-0.25, -0.2) is 0 Å². The minimum atomic E-state index is -0.271. The zero-order valence-corrected chi connectivity index (χ0v) is 17.7. The zero-order chi connectivity index (χ0) is 21.2. The fourth-order valence-electron chi connectivity index (χ4n) is 3.41. The van der Waals surface area contributed by atoms with Crippen LogP contribution in [0.5, 0.6) is 0 Å². The van der Waals surface area contributed by atoms with Crippen LogP contribution in [0.25, 0.3) is 0 Å². The Morgan fingerprint density at radius 1 is 0.833 bits per heavy atom. The van der Waals surface area contributed by atoms with Crippen LogP contribution < -0.4 is 5.32 Å². The molecule has 4 nitrogen and oxygen atoms in total. The summed E-state index contributed by atoms with van der Waals surface area (Å²) >= 11 is 0. The lowest BCUT2D eigenvalue weighted by Crippen LogP contribution is -2.42. The quantitative estimate of drug-likeness (QED) is 0.556. The minimum Gasteiger partial charge on any atom is -0.359 e. The van der Waals surface area contributed by atoms with E-state index in [2.05, 4.69) is 22.3 Å². The highest BCUT2D eigenvalue weighted by atomic mass is 16.5. The second kappa shape index (κ2) is 11.3. The fourth-order valence-corrected chi connectivity index (χ4v) is 3.41. The molecule has 0 heterocycles. The fraction of sp³-hybridized carbons (Fsp3) is 0.269. The molecule has 156 valence electrons. The highest BCUT2D eigenvalue weighted by molar-refractivity contribution is 5.77. The lowest BCUT2D eigenvalue weighted by molar-refractivity contribution is -0.127. The summed E-state index contributed by atoms with van der Waals surface area (Å²) in [7, 11) is 4.08. The van der Waals surface area contributed by atoms with Crippen molar-refractivity contribution in [2.45, 2.75) is 18.6 Å². The summed E-state index contributed by atoms with van der Waals surface area (Å²) < 4.78 is 6.06. The van der Waals surface area contributed by atoms with Crippen LogP contribution in [0.3, 0.4) is 0 Å². The van der Waals surface area contributed by atoms with E-state index in [1.807, 2.05) is 93.0 Å². The van der Waals surface area contributed by atoms with Gasteiger partial charge in [-0.15, -0.1) is 0 Å². The smallest absolute Gasteiger partial charge is 0.246 e. The Morgan fingerprint density at radius 3 is 1.83 bits per heavy atom. The van der Waals surface area contributed by atoms with Gasteiger partial charge in [-0.05, 0) is 37.2 Å². The van der Waals surface area contributed by atoms with Crippen LogP contribution in [-0.2, 0) is 16.0 Å². The molecule has 4 heteroatoms. The molecule has 3 aromatic carbocycles. The Hall–Kier alpha value is -2.95. The first kappa shape index (κ1) is 21.8. The van der Waals surface area contributed by atoms with Gasteiger partial charge in [-0.1, -0.05) is 91.0 Å². The summed E-state index contributed by atoms with van der Waals surface area (Å²) in [5, 5.41) is 3.04. The molecule has 1 atom stereocenters. The Bertz CT molecular complexity index is 843. The average molecular weight is 403 g/mol. The van der Waals surface area contributed by atoms with Crippen LogP contribution in [0.4, 0.5) is 0 Å². The molecule has 0 saturated heterocycles. The predicted molar refractivity (Wildman–Crippen MR) is 121 cm³/mol. The number of carbonyl (C=O) groups excluding carboxylic acids is 1. The number of nitrogens with one attached hydrogen (secondary N) is 1. The Labute approximate surface area is 179 Å². The minimum absolute atomic E-state index is 0.0138. The van der Waals surface area contributed by atoms with E-state index in [0.29, 0.717) is 6.54 Å². The molecule has 1 amide bonds. The lowest BCUT2D eigenvalue weighted by Gasteiger charge is -2.25. The summed E-state index contributed by atoms with van der Waals surface area (Å²) in [4.78, 5) is 14.7. The molecule has 0 aliphatic rings. The Balaban J connectivity index is 1.57. The summed E-state index contributed by atoms with van der Waals surface area (Å²) in [6, 6.07) is 30.6. The van der Waals surface area contributed by atoms with Gasteiger partial charge in [-0.3, -0.25) is 4.79 Å².